The van der Waals surface area contributed by atoms with E-state index >= 15 is 0 Å². The van der Waals surface area contributed by atoms with E-state index < -0.39 is 10.0 Å². The Morgan fingerprint density at radius 2 is 1.81 bits per heavy atom. The van der Waals surface area contributed by atoms with Crippen LogP contribution in [0.5, 0.6) is 0 Å². The molecule has 0 atom stereocenters. The van der Waals surface area contributed by atoms with E-state index in [2.05, 4.69) is 23.6 Å². The van der Waals surface area contributed by atoms with Crippen molar-refractivity contribution in [3.8, 4) is 0 Å². The van der Waals surface area contributed by atoms with Gasteiger partial charge in [-0.05, 0) is 42.2 Å². The zero-order valence-corrected chi connectivity index (χ0v) is 13.4. The van der Waals surface area contributed by atoms with Crippen LogP contribution in [0, 0.1) is 5.92 Å². The van der Waals surface area contributed by atoms with Crippen molar-refractivity contribution in [2.45, 2.75) is 25.2 Å². The van der Waals surface area contributed by atoms with Crippen LogP contribution in [0.3, 0.4) is 0 Å². The largest absolute Gasteiger partial charge is 0.263 e. The fraction of sp³-hybridized carbons (Fsp3) is 0.267. The molecule has 0 fully saturated rings. The predicted octanol–water partition coefficient (Wildman–Crippen LogP) is 3.73. The Bertz CT molecular complexity index is 713. The summed E-state index contributed by atoms with van der Waals surface area (Å²) in [6.07, 6.45) is 0.920. The second kappa shape index (κ2) is 6.45. The number of aromatic nitrogens is 1. The highest BCUT2D eigenvalue weighted by molar-refractivity contribution is 7.92. The third kappa shape index (κ3) is 4.44. The lowest BCUT2D eigenvalue weighted by molar-refractivity contribution is 0.601. The normalized spacial score (nSPS) is 11.6. The number of anilines is 1. The van der Waals surface area contributed by atoms with E-state index in [-0.39, 0.29) is 15.9 Å². The van der Waals surface area contributed by atoms with E-state index in [4.69, 9.17) is 11.6 Å². The quantitative estimate of drug-likeness (QED) is 0.852. The van der Waals surface area contributed by atoms with Crippen molar-refractivity contribution < 1.29 is 8.42 Å². The average Bonchev–Trinajstić information content (AvgIpc) is 2.38. The van der Waals surface area contributed by atoms with Crippen LogP contribution in [0.15, 0.2) is 47.4 Å². The maximum atomic E-state index is 12.3. The number of nitrogens with zero attached hydrogens (tertiary/aromatic N) is 1. The molecule has 4 nitrogen and oxygen atoms in total. The lowest BCUT2D eigenvalue weighted by Crippen LogP contribution is -2.14. The van der Waals surface area contributed by atoms with Gasteiger partial charge in [-0.3, -0.25) is 4.72 Å². The molecule has 1 aromatic heterocycles. The first kappa shape index (κ1) is 15.8. The summed E-state index contributed by atoms with van der Waals surface area (Å²) in [5, 5.41) is 0.238. The fourth-order valence-corrected chi connectivity index (χ4v) is 3.10. The highest BCUT2D eigenvalue weighted by Gasteiger charge is 2.14. The van der Waals surface area contributed by atoms with Crippen molar-refractivity contribution in [3.63, 3.8) is 0 Å². The Labute approximate surface area is 130 Å². The summed E-state index contributed by atoms with van der Waals surface area (Å²) in [4.78, 5) is 4.12. The lowest BCUT2D eigenvalue weighted by atomic mass is 10.0. The van der Waals surface area contributed by atoms with E-state index in [0.29, 0.717) is 5.92 Å². The van der Waals surface area contributed by atoms with Crippen LogP contribution in [-0.2, 0) is 16.4 Å². The molecule has 0 unspecified atom stereocenters. The smallest absolute Gasteiger partial charge is 0.263 e. The topological polar surface area (TPSA) is 59.1 Å². The monoisotopic (exact) mass is 324 g/mol. The minimum Gasteiger partial charge on any atom is -0.263 e. The molecule has 1 heterocycles. The molecule has 0 radical (unpaired) electrons. The van der Waals surface area contributed by atoms with Crippen molar-refractivity contribution in [2.75, 3.05) is 4.72 Å². The molecule has 0 amide bonds. The van der Waals surface area contributed by atoms with E-state index in [1.807, 2.05) is 12.1 Å². The molecule has 0 aliphatic heterocycles. The second-order valence-corrected chi connectivity index (χ2v) is 7.26. The molecule has 2 aromatic rings. The van der Waals surface area contributed by atoms with E-state index in [1.54, 1.807) is 30.3 Å². The molecule has 0 aliphatic carbocycles. The summed E-state index contributed by atoms with van der Waals surface area (Å²) >= 11 is 5.74. The molecule has 0 spiro atoms. The predicted molar refractivity (Wildman–Crippen MR) is 85.0 cm³/mol. The Hall–Kier alpha value is -1.59. The first-order chi connectivity index (χ1) is 9.87. The van der Waals surface area contributed by atoms with Crippen molar-refractivity contribution in [1.29, 1.82) is 0 Å². The molecule has 1 N–H and O–H groups in total. The maximum absolute atomic E-state index is 12.3. The molecule has 2 rings (SSSR count). The number of hydrogen-bond acceptors (Lipinski definition) is 3. The van der Waals surface area contributed by atoms with E-state index in [9.17, 15) is 8.42 Å². The van der Waals surface area contributed by atoms with Gasteiger partial charge in [-0.15, -0.1) is 0 Å². The zero-order chi connectivity index (χ0) is 15.5. The second-order valence-electron chi connectivity index (χ2n) is 5.19. The summed E-state index contributed by atoms with van der Waals surface area (Å²) in [7, 11) is -3.65. The van der Waals surface area contributed by atoms with Gasteiger partial charge in [0.1, 0.15) is 11.0 Å². The van der Waals surface area contributed by atoms with Gasteiger partial charge in [-0.25, -0.2) is 13.4 Å². The van der Waals surface area contributed by atoms with Gasteiger partial charge >= 0.3 is 0 Å². The highest BCUT2D eigenvalue weighted by atomic mass is 35.5. The van der Waals surface area contributed by atoms with Crippen LogP contribution < -0.4 is 4.72 Å². The van der Waals surface area contributed by atoms with Gasteiger partial charge in [-0.1, -0.05) is 43.6 Å². The standard InChI is InChI=1S/C15H17ClN2O2S/c1-11(2)10-12-6-8-13(9-7-12)21(19,20)18-15-5-3-4-14(16)17-15/h3-9,11H,10H2,1-2H3,(H,17,18). The summed E-state index contributed by atoms with van der Waals surface area (Å²) in [6, 6.07) is 11.6. The Balaban J connectivity index is 2.19. The third-order valence-corrected chi connectivity index (χ3v) is 4.41. The number of halogens is 1. The Morgan fingerprint density at radius 3 is 2.38 bits per heavy atom. The van der Waals surface area contributed by atoms with Crippen LogP contribution in [-0.4, -0.2) is 13.4 Å². The highest BCUT2D eigenvalue weighted by Crippen LogP contribution is 2.17. The van der Waals surface area contributed by atoms with Gasteiger partial charge in [-0.2, -0.15) is 0 Å². The SMILES string of the molecule is CC(C)Cc1ccc(S(=O)(=O)Nc2cccc(Cl)n2)cc1. The van der Waals surface area contributed by atoms with E-state index in [0.717, 1.165) is 12.0 Å². The number of benzene rings is 1. The lowest BCUT2D eigenvalue weighted by Gasteiger charge is -2.09. The first-order valence-corrected chi connectivity index (χ1v) is 8.47. The maximum Gasteiger partial charge on any atom is 0.263 e. The molecule has 0 bridgehead atoms. The van der Waals surface area contributed by atoms with Crippen LogP contribution in [0.1, 0.15) is 19.4 Å². The van der Waals surface area contributed by atoms with Crippen LogP contribution in [0.4, 0.5) is 5.82 Å². The van der Waals surface area contributed by atoms with Gasteiger partial charge in [0.05, 0.1) is 4.90 Å². The summed E-state index contributed by atoms with van der Waals surface area (Å²) in [6.45, 7) is 4.24. The summed E-state index contributed by atoms with van der Waals surface area (Å²) < 4.78 is 26.9. The number of pyridine rings is 1. The van der Waals surface area contributed by atoms with Gasteiger partial charge in [0.2, 0.25) is 0 Å². The molecular weight excluding hydrogens is 308 g/mol. The average molecular weight is 325 g/mol. The molecule has 112 valence electrons. The van der Waals surface area contributed by atoms with Crippen LogP contribution >= 0.6 is 11.6 Å². The van der Waals surface area contributed by atoms with Gasteiger partial charge in [0, 0.05) is 0 Å². The van der Waals surface area contributed by atoms with Crippen molar-refractivity contribution in [3.05, 3.63) is 53.2 Å². The molecule has 1 aromatic carbocycles. The van der Waals surface area contributed by atoms with Crippen LogP contribution in [0.2, 0.25) is 5.15 Å². The van der Waals surface area contributed by atoms with Gasteiger partial charge < -0.3 is 0 Å². The first-order valence-electron chi connectivity index (χ1n) is 6.61. The van der Waals surface area contributed by atoms with Gasteiger partial charge in [0.15, 0.2) is 0 Å². The van der Waals surface area contributed by atoms with Crippen molar-refractivity contribution >= 4 is 27.4 Å². The fourth-order valence-electron chi connectivity index (χ4n) is 1.94. The molecule has 21 heavy (non-hydrogen) atoms. The minimum atomic E-state index is -3.65. The van der Waals surface area contributed by atoms with Crippen molar-refractivity contribution in [2.24, 2.45) is 5.92 Å². The molecule has 0 aliphatic rings. The third-order valence-electron chi connectivity index (χ3n) is 2.83. The minimum absolute atomic E-state index is 0.203. The molecule has 6 heteroatoms. The Morgan fingerprint density at radius 1 is 1.14 bits per heavy atom. The number of hydrogen-bond donors (Lipinski definition) is 1. The summed E-state index contributed by atoms with van der Waals surface area (Å²) in [5.74, 6) is 0.731. The number of rotatable bonds is 5. The molecule has 0 saturated carbocycles. The zero-order valence-electron chi connectivity index (χ0n) is 11.9. The number of nitrogens with one attached hydrogen (secondary N) is 1. The Kier molecular flexibility index (Phi) is 4.85. The van der Waals surface area contributed by atoms with E-state index in [1.165, 1.54) is 0 Å². The molecular formula is C15H17ClN2O2S. The number of sulfonamides is 1. The van der Waals surface area contributed by atoms with Gasteiger partial charge in [0.25, 0.3) is 10.0 Å². The van der Waals surface area contributed by atoms with Crippen LogP contribution in [0.25, 0.3) is 0 Å². The van der Waals surface area contributed by atoms with Crippen molar-refractivity contribution in [1.82, 2.24) is 4.98 Å². The molecule has 0 saturated heterocycles. The summed E-state index contributed by atoms with van der Waals surface area (Å²) in [5.41, 5.74) is 1.12.